The molecule has 2 unspecified atom stereocenters. The van der Waals surface area contributed by atoms with Crippen LogP contribution in [0.5, 0.6) is 0 Å². The van der Waals surface area contributed by atoms with Gasteiger partial charge < -0.3 is 9.84 Å². The van der Waals surface area contributed by atoms with Crippen molar-refractivity contribution in [1.82, 2.24) is 20.4 Å². The van der Waals surface area contributed by atoms with Crippen molar-refractivity contribution in [1.29, 1.82) is 0 Å². The first-order valence-corrected chi connectivity index (χ1v) is 5.02. The Labute approximate surface area is 83.5 Å². The van der Waals surface area contributed by atoms with Gasteiger partial charge in [-0.3, -0.25) is 4.90 Å². The molecule has 0 saturated carbocycles. The van der Waals surface area contributed by atoms with E-state index >= 15 is 0 Å². The van der Waals surface area contributed by atoms with Crippen molar-refractivity contribution in [3.63, 3.8) is 0 Å². The van der Waals surface area contributed by atoms with E-state index in [1.54, 1.807) is 0 Å². The van der Waals surface area contributed by atoms with Crippen molar-refractivity contribution < 1.29 is 4.52 Å². The fraction of sp³-hybridized carbons (Fsp3) is 0.778. The van der Waals surface area contributed by atoms with Gasteiger partial charge in [-0.1, -0.05) is 5.16 Å². The van der Waals surface area contributed by atoms with Crippen LogP contribution in [-0.2, 0) is 0 Å². The number of aromatic nitrogens is 2. The van der Waals surface area contributed by atoms with E-state index in [2.05, 4.69) is 34.2 Å². The third kappa shape index (κ3) is 1.78. The van der Waals surface area contributed by atoms with Gasteiger partial charge in [0.15, 0.2) is 5.82 Å². The SMILES string of the molecule is CC1CNCCN1C(C)c1ncon1. The summed E-state index contributed by atoms with van der Waals surface area (Å²) >= 11 is 0. The molecule has 0 bridgehead atoms. The number of piperazine rings is 1. The number of hydrogen-bond acceptors (Lipinski definition) is 5. The fourth-order valence-corrected chi connectivity index (χ4v) is 1.94. The second-order valence-corrected chi connectivity index (χ2v) is 3.76. The predicted octanol–water partition coefficient (Wildman–Crippen LogP) is 0.424. The maximum atomic E-state index is 4.76. The second kappa shape index (κ2) is 4.06. The summed E-state index contributed by atoms with van der Waals surface area (Å²) in [6.07, 6.45) is 1.39. The molecule has 1 fully saturated rings. The smallest absolute Gasteiger partial charge is 0.213 e. The van der Waals surface area contributed by atoms with Gasteiger partial charge in [-0.2, -0.15) is 4.98 Å². The summed E-state index contributed by atoms with van der Waals surface area (Å²) in [6.45, 7) is 7.43. The lowest BCUT2D eigenvalue weighted by atomic mass is 10.1. The lowest BCUT2D eigenvalue weighted by Gasteiger charge is -2.36. The first-order valence-electron chi connectivity index (χ1n) is 5.02. The monoisotopic (exact) mass is 196 g/mol. The van der Waals surface area contributed by atoms with Gasteiger partial charge >= 0.3 is 0 Å². The summed E-state index contributed by atoms with van der Waals surface area (Å²) < 4.78 is 4.76. The molecular weight excluding hydrogens is 180 g/mol. The molecule has 2 atom stereocenters. The average molecular weight is 196 g/mol. The standard InChI is InChI=1S/C9H16N4O/c1-7-5-10-3-4-13(7)8(2)9-11-6-14-12-9/h6-8,10H,3-5H2,1-2H3. The Bertz CT molecular complexity index is 274. The summed E-state index contributed by atoms with van der Waals surface area (Å²) in [5.74, 6) is 0.777. The second-order valence-electron chi connectivity index (χ2n) is 3.76. The van der Waals surface area contributed by atoms with Gasteiger partial charge in [0.25, 0.3) is 0 Å². The Morgan fingerprint density at radius 1 is 1.71 bits per heavy atom. The van der Waals surface area contributed by atoms with Gasteiger partial charge in [0.1, 0.15) is 0 Å². The molecule has 78 valence electrons. The van der Waals surface area contributed by atoms with Crippen LogP contribution in [0.2, 0.25) is 0 Å². The molecular formula is C9H16N4O. The van der Waals surface area contributed by atoms with Gasteiger partial charge in [-0.15, -0.1) is 0 Å². The molecule has 1 N–H and O–H groups in total. The maximum Gasteiger partial charge on any atom is 0.213 e. The van der Waals surface area contributed by atoms with Gasteiger partial charge in [0.2, 0.25) is 6.39 Å². The predicted molar refractivity (Wildman–Crippen MR) is 51.8 cm³/mol. The largest absolute Gasteiger partial charge is 0.343 e. The first kappa shape index (κ1) is 9.61. The Morgan fingerprint density at radius 3 is 3.21 bits per heavy atom. The van der Waals surface area contributed by atoms with E-state index in [0.29, 0.717) is 6.04 Å². The highest BCUT2D eigenvalue weighted by Crippen LogP contribution is 2.19. The van der Waals surface area contributed by atoms with Crippen molar-refractivity contribution in [2.45, 2.75) is 25.9 Å². The summed E-state index contributed by atoms with van der Waals surface area (Å²) in [5, 5.41) is 7.24. The average Bonchev–Trinajstić information content (AvgIpc) is 2.70. The molecule has 1 saturated heterocycles. The van der Waals surface area contributed by atoms with E-state index in [4.69, 9.17) is 4.52 Å². The van der Waals surface area contributed by atoms with E-state index in [1.165, 1.54) is 6.39 Å². The Kier molecular flexibility index (Phi) is 2.79. The minimum Gasteiger partial charge on any atom is -0.343 e. The zero-order valence-electron chi connectivity index (χ0n) is 8.60. The first-order chi connectivity index (χ1) is 6.79. The van der Waals surface area contributed by atoms with Crippen LogP contribution in [0.1, 0.15) is 25.7 Å². The number of hydrogen-bond donors (Lipinski definition) is 1. The maximum absolute atomic E-state index is 4.76. The Hall–Kier alpha value is -0.940. The molecule has 1 aromatic rings. The third-order valence-corrected chi connectivity index (χ3v) is 2.80. The number of nitrogens with one attached hydrogen (secondary N) is 1. The summed E-state index contributed by atoms with van der Waals surface area (Å²) in [6, 6.07) is 0.767. The fourth-order valence-electron chi connectivity index (χ4n) is 1.94. The molecule has 0 aliphatic carbocycles. The third-order valence-electron chi connectivity index (χ3n) is 2.80. The van der Waals surface area contributed by atoms with Crippen LogP contribution >= 0.6 is 0 Å². The zero-order chi connectivity index (χ0) is 9.97. The van der Waals surface area contributed by atoms with Crippen LogP contribution in [-0.4, -0.2) is 40.7 Å². The highest BCUT2D eigenvalue weighted by atomic mass is 16.5. The van der Waals surface area contributed by atoms with E-state index in [0.717, 1.165) is 25.5 Å². The van der Waals surface area contributed by atoms with E-state index in [9.17, 15) is 0 Å². The van der Waals surface area contributed by atoms with Crippen molar-refractivity contribution in [3.05, 3.63) is 12.2 Å². The normalized spacial score (nSPS) is 26.3. The van der Waals surface area contributed by atoms with E-state index in [1.807, 2.05) is 0 Å². The minimum absolute atomic E-state index is 0.242. The molecule has 0 spiro atoms. The van der Waals surface area contributed by atoms with E-state index in [-0.39, 0.29) is 6.04 Å². The lowest BCUT2D eigenvalue weighted by molar-refractivity contribution is 0.119. The van der Waals surface area contributed by atoms with Crippen molar-refractivity contribution in [3.8, 4) is 0 Å². The van der Waals surface area contributed by atoms with Crippen molar-refractivity contribution >= 4 is 0 Å². The molecule has 5 heteroatoms. The highest BCUT2D eigenvalue weighted by molar-refractivity contribution is 4.92. The zero-order valence-corrected chi connectivity index (χ0v) is 8.60. The molecule has 1 aromatic heterocycles. The van der Waals surface area contributed by atoms with Crippen LogP contribution < -0.4 is 5.32 Å². The number of rotatable bonds is 2. The molecule has 5 nitrogen and oxygen atoms in total. The topological polar surface area (TPSA) is 54.2 Å². The van der Waals surface area contributed by atoms with Gasteiger partial charge in [-0.25, -0.2) is 0 Å². The highest BCUT2D eigenvalue weighted by Gasteiger charge is 2.26. The van der Waals surface area contributed by atoms with Crippen LogP contribution in [0.3, 0.4) is 0 Å². The summed E-state index contributed by atoms with van der Waals surface area (Å²) in [7, 11) is 0. The van der Waals surface area contributed by atoms with Crippen LogP contribution in [0, 0.1) is 0 Å². The number of nitrogens with zero attached hydrogens (tertiary/aromatic N) is 3. The molecule has 1 aliphatic rings. The van der Waals surface area contributed by atoms with Gasteiger partial charge in [0, 0.05) is 25.7 Å². The van der Waals surface area contributed by atoms with Crippen molar-refractivity contribution in [2.24, 2.45) is 0 Å². The molecule has 0 aromatic carbocycles. The van der Waals surface area contributed by atoms with Gasteiger partial charge in [0.05, 0.1) is 6.04 Å². The lowest BCUT2D eigenvalue weighted by Crippen LogP contribution is -2.50. The molecule has 14 heavy (non-hydrogen) atoms. The Balaban J connectivity index is 2.06. The minimum atomic E-state index is 0.242. The Morgan fingerprint density at radius 2 is 2.57 bits per heavy atom. The molecule has 0 radical (unpaired) electrons. The van der Waals surface area contributed by atoms with Crippen LogP contribution in [0.25, 0.3) is 0 Å². The van der Waals surface area contributed by atoms with Crippen molar-refractivity contribution in [2.75, 3.05) is 19.6 Å². The van der Waals surface area contributed by atoms with E-state index < -0.39 is 0 Å². The molecule has 1 aliphatic heterocycles. The summed E-state index contributed by atoms with van der Waals surface area (Å²) in [5.41, 5.74) is 0. The quantitative estimate of drug-likeness (QED) is 0.743. The van der Waals surface area contributed by atoms with Gasteiger partial charge in [-0.05, 0) is 13.8 Å². The molecule has 0 amide bonds. The van der Waals surface area contributed by atoms with Crippen LogP contribution in [0.4, 0.5) is 0 Å². The summed E-state index contributed by atoms with van der Waals surface area (Å²) in [4.78, 5) is 6.48. The molecule has 2 heterocycles. The van der Waals surface area contributed by atoms with Crippen LogP contribution in [0.15, 0.2) is 10.9 Å². The molecule has 2 rings (SSSR count).